The number of rotatable bonds is 4. The minimum atomic E-state index is -1.15. The molecular formula is C13H21N3O3. The molecule has 1 amide bonds. The van der Waals surface area contributed by atoms with Gasteiger partial charge in [0, 0.05) is 12.6 Å². The number of nitrogens with zero attached hydrogens (tertiary/aromatic N) is 2. The second kappa shape index (κ2) is 5.03. The van der Waals surface area contributed by atoms with E-state index in [2.05, 4.69) is 10.4 Å². The molecule has 0 saturated carbocycles. The number of amides is 1. The van der Waals surface area contributed by atoms with Crippen LogP contribution in [-0.4, -0.2) is 26.8 Å². The highest BCUT2D eigenvalue weighted by atomic mass is 16.4. The van der Waals surface area contributed by atoms with Crippen LogP contribution in [0.15, 0.2) is 12.4 Å². The zero-order valence-corrected chi connectivity index (χ0v) is 12.0. The highest BCUT2D eigenvalue weighted by Crippen LogP contribution is 2.21. The molecule has 6 heteroatoms. The molecule has 1 heterocycles. The lowest BCUT2D eigenvalue weighted by Gasteiger charge is -2.19. The van der Waals surface area contributed by atoms with Crippen LogP contribution in [0.5, 0.6) is 0 Å². The third-order valence-electron chi connectivity index (χ3n) is 2.65. The van der Waals surface area contributed by atoms with Crippen molar-refractivity contribution in [2.24, 2.45) is 5.41 Å². The van der Waals surface area contributed by atoms with Crippen LogP contribution in [0.3, 0.4) is 0 Å². The lowest BCUT2D eigenvalue weighted by Crippen LogP contribution is -2.35. The van der Waals surface area contributed by atoms with Crippen LogP contribution in [0.2, 0.25) is 0 Å². The molecular weight excluding hydrogens is 246 g/mol. The van der Waals surface area contributed by atoms with E-state index in [0.29, 0.717) is 12.1 Å². The molecule has 2 N–H and O–H groups in total. The number of aromatic nitrogens is 2. The van der Waals surface area contributed by atoms with Crippen molar-refractivity contribution in [1.82, 2.24) is 9.78 Å². The Morgan fingerprint density at radius 1 is 1.32 bits per heavy atom. The van der Waals surface area contributed by atoms with Gasteiger partial charge in [-0.15, -0.1) is 0 Å². The molecule has 0 aliphatic heterocycles. The number of nitrogens with one attached hydrogen (secondary N) is 1. The molecule has 1 rings (SSSR count). The topological polar surface area (TPSA) is 84.2 Å². The summed E-state index contributed by atoms with van der Waals surface area (Å²) in [5, 5.41) is 15.8. The molecule has 0 spiro atoms. The maximum Gasteiger partial charge on any atom is 0.331 e. The largest absolute Gasteiger partial charge is 0.479 e. The van der Waals surface area contributed by atoms with Gasteiger partial charge < -0.3 is 10.4 Å². The van der Waals surface area contributed by atoms with E-state index < -0.39 is 11.5 Å². The number of hydrogen-bond acceptors (Lipinski definition) is 3. The number of anilines is 1. The van der Waals surface area contributed by atoms with Gasteiger partial charge in [-0.3, -0.25) is 9.48 Å². The maximum absolute atomic E-state index is 11.8. The van der Waals surface area contributed by atoms with Crippen molar-refractivity contribution < 1.29 is 14.7 Å². The highest BCUT2D eigenvalue weighted by Gasteiger charge is 2.30. The zero-order valence-electron chi connectivity index (χ0n) is 12.0. The van der Waals surface area contributed by atoms with Crippen molar-refractivity contribution in [2.45, 2.75) is 46.6 Å². The molecule has 0 atom stereocenters. The minimum absolute atomic E-state index is 0.0968. The summed E-state index contributed by atoms with van der Waals surface area (Å²) in [6.45, 7) is 9.02. The first-order valence-corrected chi connectivity index (χ1v) is 6.11. The summed E-state index contributed by atoms with van der Waals surface area (Å²) in [4.78, 5) is 22.8. The van der Waals surface area contributed by atoms with Crippen LogP contribution in [0.25, 0.3) is 0 Å². The molecule has 19 heavy (non-hydrogen) atoms. The van der Waals surface area contributed by atoms with Crippen molar-refractivity contribution in [3.05, 3.63) is 12.4 Å². The lowest BCUT2D eigenvalue weighted by molar-refractivity contribution is -0.146. The van der Waals surface area contributed by atoms with E-state index in [0.717, 1.165) is 0 Å². The molecule has 0 unspecified atom stereocenters. The molecule has 0 saturated heterocycles. The summed E-state index contributed by atoms with van der Waals surface area (Å²) in [5.41, 5.74) is -0.739. The van der Waals surface area contributed by atoms with Gasteiger partial charge in [-0.25, -0.2) is 4.79 Å². The van der Waals surface area contributed by atoms with E-state index in [9.17, 15) is 9.59 Å². The quantitative estimate of drug-likeness (QED) is 0.874. The Kier molecular flexibility index (Phi) is 4.03. The number of carbonyl (C=O) groups is 2. The normalized spacial score (nSPS) is 12.3. The first kappa shape index (κ1) is 15.2. The summed E-state index contributed by atoms with van der Waals surface area (Å²) in [6, 6.07) is 0. The average molecular weight is 267 g/mol. The van der Waals surface area contributed by atoms with Gasteiger partial charge in [0.05, 0.1) is 11.9 Å². The fraction of sp³-hybridized carbons (Fsp3) is 0.615. The zero-order chi connectivity index (χ0) is 14.8. The van der Waals surface area contributed by atoms with Crippen molar-refractivity contribution in [3.63, 3.8) is 0 Å². The second-order valence-electron chi connectivity index (χ2n) is 6.32. The summed E-state index contributed by atoms with van der Waals surface area (Å²) in [6.07, 6.45) is 3.36. The molecule has 1 aromatic heterocycles. The van der Waals surface area contributed by atoms with Crippen molar-refractivity contribution >= 4 is 17.6 Å². The Bertz CT molecular complexity index is 484. The van der Waals surface area contributed by atoms with Crippen molar-refractivity contribution in [3.8, 4) is 0 Å². The Morgan fingerprint density at radius 2 is 1.89 bits per heavy atom. The summed E-state index contributed by atoms with van der Waals surface area (Å²) in [7, 11) is 0. The summed E-state index contributed by atoms with van der Waals surface area (Å²) < 4.78 is 1.32. The number of aliphatic carboxylic acids is 1. The van der Waals surface area contributed by atoms with Gasteiger partial charge in [-0.05, 0) is 19.3 Å². The molecule has 1 aromatic rings. The van der Waals surface area contributed by atoms with Crippen LogP contribution in [0.4, 0.5) is 5.69 Å². The van der Waals surface area contributed by atoms with Gasteiger partial charge in [-0.1, -0.05) is 20.8 Å². The van der Waals surface area contributed by atoms with E-state index in [-0.39, 0.29) is 11.3 Å². The van der Waals surface area contributed by atoms with Crippen LogP contribution >= 0.6 is 0 Å². The molecule has 0 bridgehead atoms. The number of carboxylic acids is 1. The number of carboxylic acid groups (broad SMARTS) is 1. The van der Waals surface area contributed by atoms with E-state index in [1.807, 2.05) is 20.8 Å². The predicted octanol–water partition coefficient (Wildman–Crippen LogP) is 2.08. The first-order valence-electron chi connectivity index (χ1n) is 6.11. The predicted molar refractivity (Wildman–Crippen MR) is 71.9 cm³/mol. The monoisotopic (exact) mass is 267 g/mol. The van der Waals surface area contributed by atoms with Crippen LogP contribution < -0.4 is 5.32 Å². The van der Waals surface area contributed by atoms with Gasteiger partial charge in [0.2, 0.25) is 5.91 Å². The highest BCUT2D eigenvalue weighted by molar-refractivity contribution is 5.90. The minimum Gasteiger partial charge on any atom is -0.479 e. The SMILES string of the molecule is CC(C)(C)CC(=O)Nc1cnn(C(C)(C)C(=O)O)c1. The second-order valence-corrected chi connectivity index (χ2v) is 6.32. The fourth-order valence-electron chi connectivity index (χ4n) is 1.48. The van der Waals surface area contributed by atoms with Crippen LogP contribution in [-0.2, 0) is 15.1 Å². The number of carbonyl (C=O) groups excluding carboxylic acids is 1. The van der Waals surface area contributed by atoms with Gasteiger partial charge in [-0.2, -0.15) is 5.10 Å². The molecule has 0 fully saturated rings. The summed E-state index contributed by atoms with van der Waals surface area (Å²) in [5.74, 6) is -1.09. The van der Waals surface area contributed by atoms with Crippen LogP contribution in [0, 0.1) is 5.41 Å². The molecule has 0 aliphatic rings. The molecule has 106 valence electrons. The van der Waals surface area contributed by atoms with Gasteiger partial charge in [0.1, 0.15) is 0 Å². The molecule has 0 aliphatic carbocycles. The number of hydrogen-bond donors (Lipinski definition) is 2. The Hall–Kier alpha value is -1.85. The van der Waals surface area contributed by atoms with E-state index in [1.165, 1.54) is 17.1 Å². The van der Waals surface area contributed by atoms with Gasteiger partial charge in [0.15, 0.2) is 5.54 Å². The smallest absolute Gasteiger partial charge is 0.331 e. The van der Waals surface area contributed by atoms with Gasteiger partial charge in [0.25, 0.3) is 0 Å². The molecule has 6 nitrogen and oxygen atoms in total. The standard InChI is InChI=1S/C13H21N3O3/c1-12(2,3)6-10(17)15-9-7-14-16(8-9)13(4,5)11(18)19/h7-8H,6H2,1-5H3,(H,15,17)(H,18,19). The van der Waals surface area contributed by atoms with Crippen molar-refractivity contribution in [1.29, 1.82) is 0 Å². The average Bonchev–Trinajstić information content (AvgIpc) is 2.62. The Labute approximate surface area is 112 Å². The Balaban J connectivity index is 2.76. The third-order valence-corrected chi connectivity index (χ3v) is 2.65. The van der Waals surface area contributed by atoms with E-state index >= 15 is 0 Å². The molecule has 0 aromatic carbocycles. The maximum atomic E-state index is 11.8. The third kappa shape index (κ3) is 4.08. The molecule has 0 radical (unpaired) electrons. The van der Waals surface area contributed by atoms with E-state index in [4.69, 9.17) is 5.11 Å². The Morgan fingerprint density at radius 3 is 2.37 bits per heavy atom. The lowest BCUT2D eigenvalue weighted by atomic mass is 9.92. The van der Waals surface area contributed by atoms with Crippen LogP contribution in [0.1, 0.15) is 41.0 Å². The van der Waals surface area contributed by atoms with E-state index in [1.54, 1.807) is 13.8 Å². The van der Waals surface area contributed by atoms with Gasteiger partial charge >= 0.3 is 5.97 Å². The van der Waals surface area contributed by atoms with Crippen molar-refractivity contribution in [2.75, 3.05) is 5.32 Å². The first-order chi connectivity index (χ1) is 8.52. The summed E-state index contributed by atoms with van der Waals surface area (Å²) >= 11 is 0. The fourth-order valence-corrected chi connectivity index (χ4v) is 1.48.